The topological polar surface area (TPSA) is 50.2 Å². The number of carboxylic acids is 1. The van der Waals surface area contributed by atoms with Gasteiger partial charge in [0.1, 0.15) is 0 Å². The van der Waals surface area contributed by atoms with E-state index in [1.165, 1.54) is 17.6 Å². The van der Waals surface area contributed by atoms with E-state index in [4.69, 9.17) is 5.11 Å². The van der Waals surface area contributed by atoms with Crippen LogP contribution in [0.1, 0.15) is 16.7 Å². The SMILES string of the molecule is C=C(/C=C\c1c(-c2ccsn2)ccc(C)c1C)C(=O)O. The van der Waals surface area contributed by atoms with E-state index in [2.05, 4.69) is 11.0 Å². The summed E-state index contributed by atoms with van der Waals surface area (Å²) in [5, 5.41) is 10.8. The van der Waals surface area contributed by atoms with Crippen molar-refractivity contribution in [1.82, 2.24) is 4.37 Å². The summed E-state index contributed by atoms with van der Waals surface area (Å²) < 4.78 is 4.35. The fraction of sp³-hybridized carbons (Fsp3) is 0.125. The van der Waals surface area contributed by atoms with Gasteiger partial charge >= 0.3 is 5.97 Å². The summed E-state index contributed by atoms with van der Waals surface area (Å²) in [6.07, 6.45) is 3.33. The van der Waals surface area contributed by atoms with Crippen LogP contribution in [0.25, 0.3) is 17.3 Å². The Hall–Kier alpha value is -2.20. The second-order valence-corrected chi connectivity index (χ2v) is 5.18. The number of benzene rings is 1. The lowest BCUT2D eigenvalue weighted by Crippen LogP contribution is -1.96. The fourth-order valence-corrected chi connectivity index (χ4v) is 2.41. The molecule has 0 unspecified atom stereocenters. The first-order valence-electron chi connectivity index (χ1n) is 6.12. The third kappa shape index (κ3) is 2.86. The molecule has 0 radical (unpaired) electrons. The summed E-state index contributed by atoms with van der Waals surface area (Å²) in [6.45, 7) is 7.57. The molecule has 0 aliphatic carbocycles. The first-order valence-corrected chi connectivity index (χ1v) is 6.95. The van der Waals surface area contributed by atoms with Crippen molar-refractivity contribution in [2.75, 3.05) is 0 Å². The molecule has 4 heteroatoms. The number of carbonyl (C=O) groups is 1. The molecule has 0 atom stereocenters. The van der Waals surface area contributed by atoms with Gasteiger partial charge in [-0.05, 0) is 54.2 Å². The molecule has 0 bridgehead atoms. The van der Waals surface area contributed by atoms with Gasteiger partial charge in [-0.15, -0.1) is 0 Å². The van der Waals surface area contributed by atoms with E-state index < -0.39 is 5.97 Å². The summed E-state index contributed by atoms with van der Waals surface area (Å²) in [5.41, 5.74) is 5.23. The molecule has 1 heterocycles. The zero-order valence-electron chi connectivity index (χ0n) is 11.4. The summed E-state index contributed by atoms with van der Waals surface area (Å²) in [6, 6.07) is 6.02. The van der Waals surface area contributed by atoms with Crippen LogP contribution in [0.3, 0.4) is 0 Å². The Morgan fingerprint density at radius 1 is 1.35 bits per heavy atom. The molecule has 1 N–H and O–H groups in total. The molecular formula is C16H15NO2S. The van der Waals surface area contributed by atoms with Crippen molar-refractivity contribution >= 4 is 23.6 Å². The second kappa shape index (κ2) is 5.84. The van der Waals surface area contributed by atoms with Crippen LogP contribution in [0, 0.1) is 13.8 Å². The molecule has 0 aliphatic heterocycles. The standard InChI is InChI=1S/C16H15NO2S/c1-10-4-7-14(15-8-9-20-17-15)13(12(10)3)6-5-11(2)16(18)19/h4-9H,2H2,1,3H3,(H,18,19)/b6-5-. The van der Waals surface area contributed by atoms with Crippen molar-refractivity contribution in [3.05, 3.63) is 58.5 Å². The van der Waals surface area contributed by atoms with Crippen LogP contribution < -0.4 is 0 Å². The van der Waals surface area contributed by atoms with E-state index in [0.29, 0.717) is 0 Å². The highest BCUT2D eigenvalue weighted by Crippen LogP contribution is 2.29. The van der Waals surface area contributed by atoms with Crippen LogP contribution in [0.4, 0.5) is 0 Å². The maximum Gasteiger partial charge on any atom is 0.335 e. The number of rotatable bonds is 4. The second-order valence-electron chi connectivity index (χ2n) is 4.52. The number of nitrogens with zero attached hydrogens (tertiary/aromatic N) is 1. The molecule has 0 saturated carbocycles. The Kier molecular flexibility index (Phi) is 4.15. The smallest absolute Gasteiger partial charge is 0.335 e. The van der Waals surface area contributed by atoms with Crippen molar-refractivity contribution in [2.45, 2.75) is 13.8 Å². The van der Waals surface area contributed by atoms with Gasteiger partial charge in [0.25, 0.3) is 0 Å². The lowest BCUT2D eigenvalue weighted by Gasteiger charge is -2.10. The minimum Gasteiger partial charge on any atom is -0.478 e. The number of hydrogen-bond donors (Lipinski definition) is 1. The quantitative estimate of drug-likeness (QED) is 0.680. The first kappa shape index (κ1) is 14.2. The Balaban J connectivity index is 2.52. The summed E-state index contributed by atoms with van der Waals surface area (Å²) in [5.74, 6) is -1.01. The molecule has 1 aromatic heterocycles. The molecule has 102 valence electrons. The first-order chi connectivity index (χ1) is 9.50. The van der Waals surface area contributed by atoms with E-state index in [1.807, 2.05) is 37.4 Å². The van der Waals surface area contributed by atoms with Gasteiger partial charge in [-0.1, -0.05) is 24.8 Å². The summed E-state index contributed by atoms with van der Waals surface area (Å²) >= 11 is 1.40. The van der Waals surface area contributed by atoms with Gasteiger partial charge in [0, 0.05) is 10.9 Å². The van der Waals surface area contributed by atoms with Crippen molar-refractivity contribution in [3.63, 3.8) is 0 Å². The van der Waals surface area contributed by atoms with E-state index in [-0.39, 0.29) is 5.57 Å². The highest BCUT2D eigenvalue weighted by Gasteiger charge is 2.10. The third-order valence-corrected chi connectivity index (χ3v) is 3.79. The number of hydrogen-bond acceptors (Lipinski definition) is 3. The number of aromatic nitrogens is 1. The van der Waals surface area contributed by atoms with Crippen LogP contribution in [0.15, 0.2) is 41.8 Å². The minimum atomic E-state index is -1.01. The molecule has 0 fully saturated rings. The Morgan fingerprint density at radius 3 is 2.70 bits per heavy atom. The maximum atomic E-state index is 10.8. The zero-order valence-corrected chi connectivity index (χ0v) is 12.2. The molecule has 3 nitrogen and oxygen atoms in total. The van der Waals surface area contributed by atoms with E-state index in [1.54, 1.807) is 6.08 Å². The molecule has 0 aliphatic rings. The lowest BCUT2D eigenvalue weighted by atomic mass is 9.95. The Labute approximate surface area is 122 Å². The van der Waals surface area contributed by atoms with Gasteiger partial charge < -0.3 is 5.11 Å². The van der Waals surface area contributed by atoms with Crippen LogP contribution in [0.2, 0.25) is 0 Å². The van der Waals surface area contributed by atoms with Crippen molar-refractivity contribution in [3.8, 4) is 11.3 Å². The van der Waals surface area contributed by atoms with Gasteiger partial charge in [-0.2, -0.15) is 4.37 Å². The van der Waals surface area contributed by atoms with Crippen LogP contribution in [-0.2, 0) is 4.79 Å². The number of aliphatic carboxylic acids is 1. The van der Waals surface area contributed by atoms with Gasteiger partial charge in [0.05, 0.1) is 11.3 Å². The van der Waals surface area contributed by atoms with Gasteiger partial charge in [0.15, 0.2) is 0 Å². The van der Waals surface area contributed by atoms with Gasteiger partial charge in [0.2, 0.25) is 0 Å². The minimum absolute atomic E-state index is 0.0649. The monoisotopic (exact) mass is 285 g/mol. The van der Waals surface area contributed by atoms with E-state index in [9.17, 15) is 4.79 Å². The Morgan fingerprint density at radius 2 is 2.10 bits per heavy atom. The van der Waals surface area contributed by atoms with Gasteiger partial charge in [-0.25, -0.2) is 4.79 Å². The average Bonchev–Trinajstić information content (AvgIpc) is 2.93. The normalized spacial score (nSPS) is 10.9. The van der Waals surface area contributed by atoms with Crippen molar-refractivity contribution in [2.24, 2.45) is 0 Å². The predicted octanol–water partition coefficient (Wildman–Crippen LogP) is 4.08. The maximum absolute atomic E-state index is 10.8. The molecule has 20 heavy (non-hydrogen) atoms. The average molecular weight is 285 g/mol. The molecule has 1 aromatic carbocycles. The van der Waals surface area contributed by atoms with Crippen molar-refractivity contribution < 1.29 is 9.90 Å². The third-order valence-electron chi connectivity index (χ3n) is 3.23. The zero-order chi connectivity index (χ0) is 14.7. The van der Waals surface area contributed by atoms with E-state index in [0.717, 1.165) is 27.9 Å². The summed E-state index contributed by atoms with van der Waals surface area (Å²) in [7, 11) is 0. The van der Waals surface area contributed by atoms with Gasteiger partial charge in [-0.3, -0.25) is 0 Å². The van der Waals surface area contributed by atoms with E-state index >= 15 is 0 Å². The number of carboxylic acid groups (broad SMARTS) is 1. The number of aryl methyl sites for hydroxylation is 1. The highest BCUT2D eigenvalue weighted by atomic mass is 32.1. The van der Waals surface area contributed by atoms with Crippen molar-refractivity contribution in [1.29, 1.82) is 0 Å². The lowest BCUT2D eigenvalue weighted by molar-refractivity contribution is -0.132. The molecule has 0 spiro atoms. The van der Waals surface area contributed by atoms with Crippen LogP contribution in [-0.4, -0.2) is 15.4 Å². The molecule has 0 amide bonds. The molecular weight excluding hydrogens is 270 g/mol. The van der Waals surface area contributed by atoms with Crippen LogP contribution in [0.5, 0.6) is 0 Å². The Bertz CT molecular complexity index is 685. The summed E-state index contributed by atoms with van der Waals surface area (Å²) in [4.78, 5) is 10.8. The molecule has 2 rings (SSSR count). The largest absolute Gasteiger partial charge is 0.478 e. The highest BCUT2D eigenvalue weighted by molar-refractivity contribution is 7.03. The molecule has 0 saturated heterocycles. The predicted molar refractivity (Wildman–Crippen MR) is 82.8 cm³/mol. The van der Waals surface area contributed by atoms with Crippen LogP contribution >= 0.6 is 11.5 Å². The molecule has 2 aromatic rings. The fourth-order valence-electron chi connectivity index (χ4n) is 1.88.